The number of amides is 1. The Bertz CT molecular complexity index is 417. The quantitative estimate of drug-likeness (QED) is 0.708. The summed E-state index contributed by atoms with van der Waals surface area (Å²) in [4.78, 5) is 26.5. The first-order valence-corrected chi connectivity index (χ1v) is 5.46. The molecule has 6 nitrogen and oxygen atoms in total. The van der Waals surface area contributed by atoms with Gasteiger partial charge in [0, 0.05) is 19.5 Å². The van der Waals surface area contributed by atoms with Gasteiger partial charge in [-0.2, -0.15) is 0 Å². The van der Waals surface area contributed by atoms with Gasteiger partial charge in [-0.25, -0.2) is 4.79 Å². The highest BCUT2D eigenvalue weighted by Crippen LogP contribution is 2.05. The number of pyridine rings is 1. The first-order valence-electron chi connectivity index (χ1n) is 5.46. The van der Waals surface area contributed by atoms with Crippen molar-refractivity contribution in [1.82, 2.24) is 10.3 Å². The Balaban J connectivity index is 2.75. The minimum Gasteiger partial charge on any atom is -0.467 e. The highest BCUT2D eigenvalue weighted by atomic mass is 16.5. The number of esters is 1. The summed E-state index contributed by atoms with van der Waals surface area (Å²) in [6.07, 6.45) is 1.86. The van der Waals surface area contributed by atoms with E-state index in [4.69, 9.17) is 5.11 Å². The van der Waals surface area contributed by atoms with E-state index in [2.05, 4.69) is 15.0 Å². The summed E-state index contributed by atoms with van der Waals surface area (Å²) >= 11 is 0. The minimum absolute atomic E-state index is 0.133. The summed E-state index contributed by atoms with van der Waals surface area (Å²) in [7, 11) is 1.27. The summed E-state index contributed by atoms with van der Waals surface area (Å²) < 4.78 is 4.62. The van der Waals surface area contributed by atoms with Gasteiger partial charge in [-0.15, -0.1) is 0 Å². The molecule has 18 heavy (non-hydrogen) atoms. The average molecular weight is 252 g/mol. The van der Waals surface area contributed by atoms with Gasteiger partial charge in [0.25, 0.3) is 0 Å². The van der Waals surface area contributed by atoms with E-state index in [1.807, 2.05) is 0 Å². The van der Waals surface area contributed by atoms with Crippen LogP contribution in [0.5, 0.6) is 0 Å². The SMILES string of the molecule is COC(=O)[C@H](Cc1ccc(CO)nc1)NC(C)=O. The second-order valence-corrected chi connectivity index (χ2v) is 3.80. The third kappa shape index (κ3) is 4.14. The Kier molecular flexibility index (Phi) is 5.26. The Morgan fingerprint density at radius 2 is 2.22 bits per heavy atom. The van der Waals surface area contributed by atoms with Crippen LogP contribution in [0.15, 0.2) is 18.3 Å². The maximum Gasteiger partial charge on any atom is 0.328 e. The molecule has 6 heteroatoms. The molecule has 0 aliphatic rings. The summed E-state index contributed by atoms with van der Waals surface area (Å²) in [5.74, 6) is -0.804. The van der Waals surface area contributed by atoms with Crippen LogP contribution >= 0.6 is 0 Å². The molecule has 0 radical (unpaired) electrons. The standard InChI is InChI=1S/C12H16N2O4/c1-8(16)14-11(12(17)18-2)5-9-3-4-10(7-15)13-6-9/h3-4,6,11,15H,5,7H2,1-2H3,(H,14,16)/t11-/m0/s1. The number of nitrogens with one attached hydrogen (secondary N) is 1. The van der Waals surface area contributed by atoms with E-state index >= 15 is 0 Å². The van der Waals surface area contributed by atoms with Crippen LogP contribution in [0.25, 0.3) is 0 Å². The molecule has 1 atom stereocenters. The number of aromatic nitrogens is 1. The predicted octanol–water partition coefficient (Wildman–Crippen LogP) is -0.206. The van der Waals surface area contributed by atoms with E-state index < -0.39 is 12.0 Å². The van der Waals surface area contributed by atoms with Gasteiger partial charge in [-0.1, -0.05) is 6.07 Å². The number of methoxy groups -OCH3 is 1. The van der Waals surface area contributed by atoms with Crippen LogP contribution in [0.2, 0.25) is 0 Å². The van der Waals surface area contributed by atoms with Crippen LogP contribution < -0.4 is 5.32 Å². The molecule has 0 unspecified atom stereocenters. The Hall–Kier alpha value is -1.95. The molecule has 0 spiro atoms. The lowest BCUT2D eigenvalue weighted by Crippen LogP contribution is -2.42. The summed E-state index contributed by atoms with van der Waals surface area (Å²) in [5.41, 5.74) is 1.32. The van der Waals surface area contributed by atoms with Gasteiger partial charge in [0.2, 0.25) is 5.91 Å². The van der Waals surface area contributed by atoms with Crippen molar-refractivity contribution in [2.24, 2.45) is 0 Å². The first kappa shape index (κ1) is 14.1. The van der Waals surface area contributed by atoms with Crippen LogP contribution in [0.4, 0.5) is 0 Å². The van der Waals surface area contributed by atoms with Crippen molar-refractivity contribution in [3.05, 3.63) is 29.6 Å². The zero-order valence-electron chi connectivity index (χ0n) is 10.3. The molecule has 0 saturated carbocycles. The van der Waals surface area contributed by atoms with Crippen LogP contribution in [0, 0.1) is 0 Å². The smallest absolute Gasteiger partial charge is 0.328 e. The van der Waals surface area contributed by atoms with Crippen molar-refractivity contribution in [2.45, 2.75) is 26.0 Å². The molecule has 0 aliphatic heterocycles. The molecule has 0 saturated heterocycles. The third-order valence-corrected chi connectivity index (χ3v) is 2.35. The van der Waals surface area contributed by atoms with Gasteiger partial charge in [0.15, 0.2) is 0 Å². The topological polar surface area (TPSA) is 88.5 Å². The van der Waals surface area contributed by atoms with Crippen LogP contribution in [-0.4, -0.2) is 35.1 Å². The largest absolute Gasteiger partial charge is 0.467 e. The van der Waals surface area contributed by atoms with Crippen molar-refractivity contribution in [2.75, 3.05) is 7.11 Å². The molecule has 1 amide bonds. The number of hydrogen-bond acceptors (Lipinski definition) is 5. The normalized spacial score (nSPS) is 11.7. The molecule has 98 valence electrons. The Morgan fingerprint density at radius 3 is 2.67 bits per heavy atom. The minimum atomic E-state index is -0.728. The number of ether oxygens (including phenoxy) is 1. The third-order valence-electron chi connectivity index (χ3n) is 2.35. The van der Waals surface area contributed by atoms with Gasteiger partial charge in [-0.05, 0) is 11.6 Å². The van der Waals surface area contributed by atoms with E-state index in [9.17, 15) is 9.59 Å². The lowest BCUT2D eigenvalue weighted by molar-refractivity contribution is -0.144. The molecular formula is C12H16N2O4. The second-order valence-electron chi connectivity index (χ2n) is 3.80. The van der Waals surface area contributed by atoms with Crippen molar-refractivity contribution in [1.29, 1.82) is 0 Å². The molecular weight excluding hydrogens is 236 g/mol. The van der Waals surface area contributed by atoms with Gasteiger partial charge >= 0.3 is 5.97 Å². The van der Waals surface area contributed by atoms with E-state index in [-0.39, 0.29) is 12.5 Å². The van der Waals surface area contributed by atoms with Crippen LogP contribution in [0.1, 0.15) is 18.2 Å². The summed E-state index contributed by atoms with van der Waals surface area (Å²) in [6.45, 7) is 1.20. The molecule has 0 bridgehead atoms. The number of rotatable bonds is 5. The summed E-state index contributed by atoms with van der Waals surface area (Å²) in [5, 5.41) is 11.4. The van der Waals surface area contributed by atoms with Crippen LogP contribution in [-0.2, 0) is 27.4 Å². The second kappa shape index (κ2) is 6.70. The zero-order chi connectivity index (χ0) is 13.5. The van der Waals surface area contributed by atoms with Gasteiger partial charge in [-0.3, -0.25) is 9.78 Å². The Labute approximate surface area is 105 Å². The number of carbonyl (C=O) groups excluding carboxylic acids is 2. The van der Waals surface area contributed by atoms with E-state index in [0.29, 0.717) is 12.1 Å². The lowest BCUT2D eigenvalue weighted by atomic mass is 10.1. The summed E-state index contributed by atoms with van der Waals surface area (Å²) in [6, 6.07) is 2.68. The highest BCUT2D eigenvalue weighted by Gasteiger charge is 2.20. The van der Waals surface area contributed by atoms with Crippen molar-refractivity contribution >= 4 is 11.9 Å². The fourth-order valence-corrected chi connectivity index (χ4v) is 1.49. The number of carbonyl (C=O) groups is 2. The van der Waals surface area contributed by atoms with Crippen molar-refractivity contribution in [3.63, 3.8) is 0 Å². The predicted molar refractivity (Wildman–Crippen MR) is 63.5 cm³/mol. The molecule has 0 aliphatic carbocycles. The average Bonchev–Trinajstić information content (AvgIpc) is 2.37. The maximum atomic E-state index is 11.5. The van der Waals surface area contributed by atoms with Crippen molar-refractivity contribution < 1.29 is 19.4 Å². The molecule has 1 heterocycles. The maximum absolute atomic E-state index is 11.5. The van der Waals surface area contributed by atoms with Gasteiger partial charge in [0.05, 0.1) is 19.4 Å². The molecule has 2 N–H and O–H groups in total. The van der Waals surface area contributed by atoms with E-state index in [1.165, 1.54) is 14.0 Å². The molecule has 1 aromatic rings. The monoisotopic (exact) mass is 252 g/mol. The molecule has 1 aromatic heterocycles. The lowest BCUT2D eigenvalue weighted by Gasteiger charge is -2.15. The van der Waals surface area contributed by atoms with E-state index in [0.717, 1.165) is 5.56 Å². The van der Waals surface area contributed by atoms with Gasteiger partial charge < -0.3 is 15.2 Å². The number of nitrogens with zero attached hydrogens (tertiary/aromatic N) is 1. The van der Waals surface area contributed by atoms with Crippen LogP contribution in [0.3, 0.4) is 0 Å². The number of hydrogen-bond donors (Lipinski definition) is 2. The number of aliphatic hydroxyl groups excluding tert-OH is 1. The molecule has 1 rings (SSSR count). The zero-order valence-corrected chi connectivity index (χ0v) is 10.3. The van der Waals surface area contributed by atoms with Crippen molar-refractivity contribution in [3.8, 4) is 0 Å². The Morgan fingerprint density at radius 1 is 1.50 bits per heavy atom. The fourth-order valence-electron chi connectivity index (χ4n) is 1.49. The van der Waals surface area contributed by atoms with Gasteiger partial charge in [0.1, 0.15) is 6.04 Å². The molecule has 0 aromatic carbocycles. The molecule has 0 fully saturated rings. The highest BCUT2D eigenvalue weighted by molar-refractivity contribution is 5.83. The fraction of sp³-hybridized carbons (Fsp3) is 0.417. The van der Waals surface area contributed by atoms with E-state index in [1.54, 1.807) is 18.3 Å². The first-order chi connectivity index (χ1) is 8.56. The number of aliphatic hydroxyl groups is 1.